The molecule has 1 aromatic heterocycles. The largest absolute Gasteiger partial charge is 0.478 e. The molecule has 0 saturated carbocycles. The number of fused-ring (bicyclic) bond motifs is 1. The summed E-state index contributed by atoms with van der Waals surface area (Å²) in [5.41, 5.74) is 4.78. The predicted octanol–water partition coefficient (Wildman–Crippen LogP) is 4.46. The minimum Gasteiger partial charge on any atom is -0.478 e. The molecule has 30 heavy (non-hydrogen) atoms. The van der Waals surface area contributed by atoms with Gasteiger partial charge in [-0.05, 0) is 80.8 Å². The summed E-state index contributed by atoms with van der Waals surface area (Å²) in [4.78, 5) is 19.5. The summed E-state index contributed by atoms with van der Waals surface area (Å²) < 4.78 is 13.1. The number of nitrogens with one attached hydrogen (secondary N) is 1. The number of carboxylic acid groups (broad SMARTS) is 1. The highest BCUT2D eigenvalue weighted by molar-refractivity contribution is 5.95. The second-order valence-electron chi connectivity index (χ2n) is 8.06. The van der Waals surface area contributed by atoms with Gasteiger partial charge in [0.25, 0.3) is 0 Å². The van der Waals surface area contributed by atoms with Crippen LogP contribution in [0.15, 0.2) is 42.5 Å². The minimum atomic E-state index is -0.888. The second-order valence-corrected chi connectivity index (χ2v) is 8.06. The number of halogens is 1. The highest BCUT2D eigenvalue weighted by Gasteiger charge is 2.17. The number of piperazine rings is 1. The summed E-state index contributed by atoms with van der Waals surface area (Å²) in [7, 11) is 0. The van der Waals surface area contributed by atoms with E-state index in [0.29, 0.717) is 5.56 Å². The molecule has 0 atom stereocenters. The van der Waals surface area contributed by atoms with Gasteiger partial charge in [-0.25, -0.2) is 9.18 Å². The molecule has 5 nitrogen and oxygen atoms in total. The lowest BCUT2D eigenvalue weighted by atomic mass is 10.0. The van der Waals surface area contributed by atoms with Crippen molar-refractivity contribution in [2.75, 3.05) is 37.6 Å². The van der Waals surface area contributed by atoms with Gasteiger partial charge in [0, 0.05) is 48.5 Å². The van der Waals surface area contributed by atoms with Crippen LogP contribution in [-0.4, -0.2) is 53.7 Å². The number of aromatic carboxylic acids is 1. The Balaban J connectivity index is 1.27. The van der Waals surface area contributed by atoms with Gasteiger partial charge in [-0.15, -0.1) is 0 Å². The summed E-state index contributed by atoms with van der Waals surface area (Å²) in [6, 6.07) is 12.0. The normalized spacial score (nSPS) is 15.1. The molecule has 4 rings (SSSR count). The standard InChI is InChI=1S/C24H28FN3O2/c1-17-21(22-16-18(24(29)30)5-10-23(22)26-17)4-2-3-11-27-12-14-28(15-13-27)20-8-6-19(25)7-9-20/h5-10,16,26H,2-4,11-15H2,1H3,(H,29,30). The van der Waals surface area contributed by atoms with Gasteiger partial charge in [0.2, 0.25) is 0 Å². The van der Waals surface area contributed by atoms with Crippen molar-refractivity contribution in [2.24, 2.45) is 0 Å². The van der Waals surface area contributed by atoms with Crippen LogP contribution in [-0.2, 0) is 6.42 Å². The van der Waals surface area contributed by atoms with Crippen LogP contribution in [0.5, 0.6) is 0 Å². The van der Waals surface area contributed by atoms with E-state index in [1.807, 2.05) is 18.2 Å². The first-order valence-electron chi connectivity index (χ1n) is 10.6. The van der Waals surface area contributed by atoms with Crippen molar-refractivity contribution in [3.8, 4) is 0 Å². The van der Waals surface area contributed by atoms with Crippen LogP contribution < -0.4 is 4.90 Å². The van der Waals surface area contributed by atoms with Gasteiger partial charge in [-0.2, -0.15) is 0 Å². The Hall–Kier alpha value is -2.86. The van der Waals surface area contributed by atoms with Crippen LogP contribution in [0.1, 0.15) is 34.5 Å². The van der Waals surface area contributed by atoms with Crippen LogP contribution in [0.2, 0.25) is 0 Å². The van der Waals surface area contributed by atoms with E-state index in [4.69, 9.17) is 0 Å². The number of benzene rings is 2. The van der Waals surface area contributed by atoms with Gasteiger partial charge in [0.15, 0.2) is 0 Å². The maximum Gasteiger partial charge on any atom is 0.335 e. The van der Waals surface area contributed by atoms with Crippen molar-refractivity contribution in [3.63, 3.8) is 0 Å². The maximum atomic E-state index is 13.1. The van der Waals surface area contributed by atoms with Gasteiger partial charge in [-0.1, -0.05) is 0 Å². The fraction of sp³-hybridized carbons (Fsp3) is 0.375. The number of carbonyl (C=O) groups is 1. The Labute approximate surface area is 176 Å². The molecule has 6 heteroatoms. The number of aromatic nitrogens is 1. The molecule has 1 fully saturated rings. The number of anilines is 1. The van der Waals surface area contributed by atoms with E-state index in [0.717, 1.165) is 74.3 Å². The lowest BCUT2D eigenvalue weighted by molar-refractivity contribution is 0.0697. The van der Waals surface area contributed by atoms with Crippen molar-refractivity contribution >= 4 is 22.6 Å². The molecule has 2 heterocycles. The highest BCUT2D eigenvalue weighted by Crippen LogP contribution is 2.25. The Kier molecular flexibility index (Phi) is 6.04. The van der Waals surface area contributed by atoms with Gasteiger partial charge >= 0.3 is 5.97 Å². The number of aromatic amines is 1. The first kappa shape index (κ1) is 20.4. The third kappa shape index (κ3) is 4.49. The molecule has 0 aliphatic carbocycles. The molecule has 158 valence electrons. The number of hydrogen-bond acceptors (Lipinski definition) is 3. The fourth-order valence-electron chi connectivity index (χ4n) is 4.36. The molecule has 2 aromatic carbocycles. The lowest BCUT2D eigenvalue weighted by Crippen LogP contribution is -2.46. The van der Waals surface area contributed by atoms with E-state index in [2.05, 4.69) is 21.7 Å². The van der Waals surface area contributed by atoms with E-state index in [9.17, 15) is 14.3 Å². The van der Waals surface area contributed by atoms with Crippen LogP contribution in [0, 0.1) is 12.7 Å². The summed E-state index contributed by atoms with van der Waals surface area (Å²) in [5.74, 6) is -1.08. The van der Waals surface area contributed by atoms with Gasteiger partial charge in [-0.3, -0.25) is 4.90 Å². The van der Waals surface area contributed by atoms with Crippen molar-refractivity contribution in [1.29, 1.82) is 0 Å². The SMILES string of the molecule is Cc1[nH]c2ccc(C(=O)O)cc2c1CCCCN1CCN(c2ccc(F)cc2)CC1. The molecule has 1 saturated heterocycles. The van der Waals surface area contributed by atoms with Gasteiger partial charge in [0.1, 0.15) is 5.82 Å². The van der Waals surface area contributed by atoms with E-state index in [1.165, 1.54) is 17.7 Å². The first-order chi connectivity index (χ1) is 14.5. The number of aryl methyl sites for hydroxylation is 2. The third-order valence-electron chi connectivity index (χ3n) is 6.08. The third-order valence-corrected chi connectivity index (χ3v) is 6.08. The van der Waals surface area contributed by atoms with E-state index < -0.39 is 5.97 Å². The maximum absolute atomic E-state index is 13.1. The van der Waals surface area contributed by atoms with Crippen molar-refractivity contribution in [3.05, 3.63) is 65.1 Å². The Morgan fingerprint density at radius 1 is 1.07 bits per heavy atom. The van der Waals surface area contributed by atoms with Crippen molar-refractivity contribution in [1.82, 2.24) is 9.88 Å². The number of rotatable bonds is 7. The zero-order chi connectivity index (χ0) is 21.1. The molecule has 2 N–H and O–H groups in total. The summed E-state index contributed by atoms with van der Waals surface area (Å²) in [6.07, 6.45) is 3.13. The molecular formula is C24H28FN3O2. The highest BCUT2D eigenvalue weighted by atomic mass is 19.1. The van der Waals surface area contributed by atoms with Crippen LogP contribution >= 0.6 is 0 Å². The van der Waals surface area contributed by atoms with E-state index in [1.54, 1.807) is 12.1 Å². The van der Waals surface area contributed by atoms with E-state index >= 15 is 0 Å². The summed E-state index contributed by atoms with van der Waals surface area (Å²) in [6.45, 7) is 7.09. The van der Waals surface area contributed by atoms with Gasteiger partial charge in [0.05, 0.1) is 5.56 Å². The quantitative estimate of drug-likeness (QED) is 0.566. The molecule has 3 aromatic rings. The molecule has 0 radical (unpaired) electrons. The van der Waals surface area contributed by atoms with Crippen molar-refractivity contribution < 1.29 is 14.3 Å². The Morgan fingerprint density at radius 3 is 2.50 bits per heavy atom. The fourth-order valence-corrected chi connectivity index (χ4v) is 4.36. The number of nitrogens with zero attached hydrogens (tertiary/aromatic N) is 2. The number of unbranched alkanes of at least 4 members (excludes halogenated alkanes) is 1. The molecule has 1 aliphatic heterocycles. The molecule has 0 unspecified atom stereocenters. The monoisotopic (exact) mass is 409 g/mol. The Morgan fingerprint density at radius 2 is 1.80 bits per heavy atom. The average Bonchev–Trinajstić information content (AvgIpc) is 3.06. The molecule has 0 bridgehead atoms. The molecular weight excluding hydrogens is 381 g/mol. The minimum absolute atomic E-state index is 0.193. The molecule has 1 aliphatic rings. The van der Waals surface area contributed by atoms with E-state index in [-0.39, 0.29) is 5.82 Å². The number of carboxylic acids is 1. The van der Waals surface area contributed by atoms with Crippen LogP contribution in [0.3, 0.4) is 0 Å². The summed E-state index contributed by atoms with van der Waals surface area (Å²) in [5, 5.41) is 10.3. The predicted molar refractivity (Wildman–Crippen MR) is 118 cm³/mol. The van der Waals surface area contributed by atoms with Crippen LogP contribution in [0.25, 0.3) is 10.9 Å². The average molecular weight is 410 g/mol. The zero-order valence-corrected chi connectivity index (χ0v) is 17.3. The molecule has 0 spiro atoms. The first-order valence-corrected chi connectivity index (χ1v) is 10.6. The smallest absolute Gasteiger partial charge is 0.335 e. The lowest BCUT2D eigenvalue weighted by Gasteiger charge is -2.36. The van der Waals surface area contributed by atoms with Crippen molar-refractivity contribution in [2.45, 2.75) is 26.2 Å². The topological polar surface area (TPSA) is 59.6 Å². The molecule has 0 amide bonds. The summed E-state index contributed by atoms with van der Waals surface area (Å²) >= 11 is 0. The zero-order valence-electron chi connectivity index (χ0n) is 17.3. The van der Waals surface area contributed by atoms with Gasteiger partial charge < -0.3 is 15.0 Å². The Bertz CT molecular complexity index is 1020. The van der Waals surface area contributed by atoms with Crippen LogP contribution in [0.4, 0.5) is 10.1 Å². The number of H-pyrrole nitrogens is 1. The second kappa shape index (κ2) is 8.88. The number of hydrogen-bond donors (Lipinski definition) is 2.